The molecule has 120 valence electrons. The number of ketones is 2. The second-order valence-electron chi connectivity index (χ2n) is 4.83. The van der Waals surface area contributed by atoms with Gasteiger partial charge in [0.25, 0.3) is 0 Å². The fraction of sp³-hybridized carbons (Fsp3) is 0.692. The Morgan fingerprint density at radius 3 is 1.76 bits per heavy atom. The summed E-state index contributed by atoms with van der Waals surface area (Å²) in [6.07, 6.45) is 0.473. The van der Waals surface area contributed by atoms with Crippen LogP contribution < -0.4 is 10.6 Å². The molecule has 4 N–H and O–H groups in total. The first kappa shape index (κ1) is 19.2. The first-order chi connectivity index (χ1) is 9.67. The van der Waals surface area contributed by atoms with Crippen LogP contribution in [-0.2, 0) is 19.2 Å². The molecule has 0 saturated carbocycles. The number of aliphatic carboxylic acids is 2. The molecule has 0 aliphatic heterocycles. The predicted octanol–water partition coefficient (Wildman–Crippen LogP) is -0.725. The van der Waals surface area contributed by atoms with Gasteiger partial charge in [0.1, 0.15) is 0 Å². The van der Waals surface area contributed by atoms with Crippen LogP contribution in [0, 0.1) is 5.92 Å². The summed E-state index contributed by atoms with van der Waals surface area (Å²) in [5.41, 5.74) is 0. The van der Waals surface area contributed by atoms with E-state index in [2.05, 4.69) is 10.6 Å². The van der Waals surface area contributed by atoms with Gasteiger partial charge in [-0.15, -0.1) is 0 Å². The number of carbonyl (C=O) groups excluding carboxylic acids is 2. The van der Waals surface area contributed by atoms with E-state index >= 15 is 0 Å². The Labute approximate surface area is 122 Å². The molecule has 0 aromatic heterocycles. The van der Waals surface area contributed by atoms with Crippen molar-refractivity contribution in [3.63, 3.8) is 0 Å². The second kappa shape index (κ2) is 8.48. The third kappa shape index (κ3) is 5.24. The van der Waals surface area contributed by atoms with Gasteiger partial charge in [-0.05, 0) is 20.4 Å². The van der Waals surface area contributed by atoms with Crippen molar-refractivity contribution in [1.82, 2.24) is 10.6 Å². The van der Waals surface area contributed by atoms with Crippen LogP contribution in [0.1, 0.15) is 27.2 Å². The zero-order valence-corrected chi connectivity index (χ0v) is 12.5. The minimum atomic E-state index is -1.54. The maximum absolute atomic E-state index is 12.0. The Morgan fingerprint density at radius 1 is 0.952 bits per heavy atom. The topological polar surface area (TPSA) is 133 Å². The molecule has 0 fully saturated rings. The lowest BCUT2D eigenvalue weighted by molar-refractivity contribution is -0.145. The number of nitrogens with one attached hydrogen (secondary N) is 2. The summed E-state index contributed by atoms with van der Waals surface area (Å²) >= 11 is 0. The SMILES string of the molecule is CCC(C)C(=O)C(NC(C)C(=O)C(NC)C(=O)O)C(=O)O. The Morgan fingerprint density at radius 2 is 1.43 bits per heavy atom. The summed E-state index contributed by atoms with van der Waals surface area (Å²) in [5.74, 6) is -4.51. The first-order valence-corrected chi connectivity index (χ1v) is 6.63. The summed E-state index contributed by atoms with van der Waals surface area (Å²) in [7, 11) is 1.31. The molecule has 0 amide bonds. The molecule has 0 aromatic rings. The van der Waals surface area contributed by atoms with Crippen LogP contribution >= 0.6 is 0 Å². The Balaban J connectivity index is 5.03. The maximum Gasteiger partial charge on any atom is 0.328 e. The van der Waals surface area contributed by atoms with Crippen molar-refractivity contribution in [2.75, 3.05) is 7.05 Å². The zero-order valence-electron chi connectivity index (χ0n) is 12.5. The summed E-state index contributed by atoms with van der Waals surface area (Å²) in [5, 5.41) is 22.7. The summed E-state index contributed by atoms with van der Waals surface area (Å²) < 4.78 is 0. The first-order valence-electron chi connectivity index (χ1n) is 6.63. The van der Waals surface area contributed by atoms with Crippen LogP contribution in [0.5, 0.6) is 0 Å². The summed E-state index contributed by atoms with van der Waals surface area (Å²) in [6, 6.07) is -4.08. The van der Waals surface area contributed by atoms with Gasteiger partial charge in [-0.2, -0.15) is 0 Å². The monoisotopic (exact) mass is 302 g/mol. The average molecular weight is 302 g/mol. The molecule has 0 aromatic carbocycles. The van der Waals surface area contributed by atoms with Gasteiger partial charge >= 0.3 is 11.9 Å². The minimum Gasteiger partial charge on any atom is -0.480 e. The largest absolute Gasteiger partial charge is 0.480 e. The Bertz CT molecular complexity index is 423. The number of rotatable bonds is 10. The molecule has 0 aliphatic rings. The number of carboxylic acids is 2. The fourth-order valence-corrected chi connectivity index (χ4v) is 1.73. The van der Waals surface area contributed by atoms with E-state index in [4.69, 9.17) is 10.2 Å². The molecule has 4 atom stereocenters. The van der Waals surface area contributed by atoms with Gasteiger partial charge in [-0.3, -0.25) is 24.5 Å². The number of carbonyl (C=O) groups is 4. The molecule has 0 aliphatic carbocycles. The molecule has 8 nitrogen and oxygen atoms in total. The van der Waals surface area contributed by atoms with Gasteiger partial charge in [-0.25, -0.2) is 0 Å². The predicted molar refractivity (Wildman–Crippen MR) is 74.0 cm³/mol. The fourth-order valence-electron chi connectivity index (χ4n) is 1.73. The van der Waals surface area contributed by atoms with E-state index in [0.29, 0.717) is 6.42 Å². The summed E-state index contributed by atoms with van der Waals surface area (Å²) in [6.45, 7) is 4.67. The van der Waals surface area contributed by atoms with Gasteiger partial charge < -0.3 is 15.5 Å². The van der Waals surface area contributed by atoms with Crippen molar-refractivity contribution in [1.29, 1.82) is 0 Å². The van der Waals surface area contributed by atoms with Crippen LogP contribution in [0.2, 0.25) is 0 Å². The molecule has 0 rings (SSSR count). The van der Waals surface area contributed by atoms with E-state index in [1.165, 1.54) is 14.0 Å². The smallest absolute Gasteiger partial charge is 0.328 e. The molecule has 0 spiro atoms. The Kier molecular flexibility index (Phi) is 7.75. The quantitative estimate of drug-likeness (QED) is 0.388. The van der Waals surface area contributed by atoms with Crippen LogP contribution in [-0.4, -0.2) is 58.9 Å². The molecule has 21 heavy (non-hydrogen) atoms. The van der Waals surface area contributed by atoms with Crippen LogP contribution in [0.4, 0.5) is 0 Å². The lowest BCUT2D eigenvalue weighted by Crippen LogP contribution is -2.56. The third-order valence-corrected chi connectivity index (χ3v) is 3.29. The van der Waals surface area contributed by atoms with Crippen LogP contribution in [0.15, 0.2) is 0 Å². The lowest BCUT2D eigenvalue weighted by Gasteiger charge is -2.22. The van der Waals surface area contributed by atoms with E-state index in [-0.39, 0.29) is 0 Å². The Hall–Kier alpha value is -1.80. The molecule has 0 saturated heterocycles. The second-order valence-corrected chi connectivity index (χ2v) is 4.83. The average Bonchev–Trinajstić information content (AvgIpc) is 2.42. The van der Waals surface area contributed by atoms with Gasteiger partial charge in [0.15, 0.2) is 23.7 Å². The molecule has 8 heteroatoms. The third-order valence-electron chi connectivity index (χ3n) is 3.29. The van der Waals surface area contributed by atoms with E-state index in [1.54, 1.807) is 13.8 Å². The maximum atomic E-state index is 12.0. The van der Waals surface area contributed by atoms with E-state index < -0.39 is 47.5 Å². The number of hydrogen-bond donors (Lipinski definition) is 4. The van der Waals surface area contributed by atoms with E-state index in [1.807, 2.05) is 0 Å². The van der Waals surface area contributed by atoms with Crippen molar-refractivity contribution in [3.8, 4) is 0 Å². The van der Waals surface area contributed by atoms with Gasteiger partial charge in [0, 0.05) is 5.92 Å². The molecule has 0 bridgehead atoms. The highest BCUT2D eigenvalue weighted by Crippen LogP contribution is 2.07. The highest BCUT2D eigenvalue weighted by Gasteiger charge is 2.35. The molecule has 0 radical (unpaired) electrons. The minimum absolute atomic E-state index is 0.472. The van der Waals surface area contributed by atoms with Crippen LogP contribution in [0.25, 0.3) is 0 Å². The standard InChI is InChI=1S/C13H22N2O6/c1-5-6(2)10(16)9(13(20)21)15-7(3)11(17)8(14-4)12(18)19/h6-9,14-15H,5H2,1-4H3,(H,18,19)(H,20,21). The van der Waals surface area contributed by atoms with E-state index in [0.717, 1.165) is 0 Å². The number of carboxylic acid groups (broad SMARTS) is 2. The number of hydrogen-bond acceptors (Lipinski definition) is 6. The molecular formula is C13H22N2O6. The highest BCUT2D eigenvalue weighted by atomic mass is 16.4. The number of Topliss-reactive ketones (excluding diaryl/α,β-unsaturated/α-hetero) is 2. The van der Waals surface area contributed by atoms with Crippen molar-refractivity contribution < 1.29 is 29.4 Å². The highest BCUT2D eigenvalue weighted by molar-refractivity contribution is 6.07. The molecule has 0 heterocycles. The summed E-state index contributed by atoms with van der Waals surface area (Å²) in [4.78, 5) is 45.9. The van der Waals surface area contributed by atoms with Gasteiger partial charge in [0.05, 0.1) is 6.04 Å². The van der Waals surface area contributed by atoms with Crippen LogP contribution in [0.3, 0.4) is 0 Å². The van der Waals surface area contributed by atoms with Crippen molar-refractivity contribution in [2.45, 2.75) is 45.3 Å². The van der Waals surface area contributed by atoms with E-state index in [9.17, 15) is 19.2 Å². The normalized spacial score (nSPS) is 16.6. The van der Waals surface area contributed by atoms with Crippen molar-refractivity contribution in [2.24, 2.45) is 5.92 Å². The van der Waals surface area contributed by atoms with Crippen molar-refractivity contribution >= 4 is 23.5 Å². The van der Waals surface area contributed by atoms with Gasteiger partial charge in [-0.1, -0.05) is 13.8 Å². The van der Waals surface area contributed by atoms with Crippen molar-refractivity contribution in [3.05, 3.63) is 0 Å². The number of likely N-dealkylation sites (N-methyl/N-ethyl adjacent to an activating group) is 1. The lowest BCUT2D eigenvalue weighted by atomic mass is 9.96. The zero-order chi connectivity index (χ0) is 16.7. The van der Waals surface area contributed by atoms with Gasteiger partial charge in [0.2, 0.25) is 0 Å². The molecule has 4 unspecified atom stereocenters. The molecular weight excluding hydrogens is 280 g/mol.